The smallest absolute Gasteiger partial charge is 0.257 e. The number of aldehydes is 1. The van der Waals surface area contributed by atoms with Crippen LogP contribution >= 0.6 is 0 Å². The van der Waals surface area contributed by atoms with Crippen LogP contribution in [0.4, 0.5) is 0 Å². The van der Waals surface area contributed by atoms with E-state index in [9.17, 15) is 4.79 Å². The summed E-state index contributed by atoms with van der Waals surface area (Å²) >= 11 is 0. The fraction of sp³-hybridized carbons (Fsp3) is 0.850. The van der Waals surface area contributed by atoms with Crippen molar-refractivity contribution in [3.63, 3.8) is 0 Å². The Bertz CT molecular complexity index is 313. The molecule has 0 aromatic heterocycles. The lowest BCUT2D eigenvalue weighted by Crippen LogP contribution is -2.46. The van der Waals surface area contributed by atoms with E-state index >= 15 is 0 Å². The van der Waals surface area contributed by atoms with Gasteiger partial charge in [-0.15, -0.1) is 0 Å². The topological polar surface area (TPSA) is 26.3 Å². The van der Waals surface area contributed by atoms with Crippen LogP contribution in [0.2, 0.25) is 16.6 Å². The fourth-order valence-electron chi connectivity index (χ4n) is 3.88. The SMILES string of the molecule is CCCCCCC(C=O)C/C=C/O[Si](C(C)C)(C(C)C)C(C)C. The molecule has 0 rings (SSSR count). The molecule has 0 radical (unpaired) electrons. The average molecular weight is 341 g/mol. The molecule has 0 heterocycles. The van der Waals surface area contributed by atoms with Gasteiger partial charge in [-0.25, -0.2) is 0 Å². The molecule has 0 amide bonds. The zero-order valence-corrected chi connectivity index (χ0v) is 17.6. The molecule has 0 saturated carbocycles. The van der Waals surface area contributed by atoms with Crippen molar-refractivity contribution in [2.24, 2.45) is 5.92 Å². The van der Waals surface area contributed by atoms with E-state index in [1.165, 1.54) is 19.3 Å². The Balaban J connectivity index is 4.54. The Kier molecular flexibility index (Phi) is 11.6. The van der Waals surface area contributed by atoms with Gasteiger partial charge in [0.15, 0.2) is 0 Å². The highest BCUT2D eigenvalue weighted by molar-refractivity contribution is 6.77. The minimum absolute atomic E-state index is 0.153. The molecule has 0 aromatic rings. The number of carbonyl (C=O) groups excluding carboxylic acids is 1. The molecule has 0 spiro atoms. The molecule has 1 unspecified atom stereocenters. The Labute approximate surface area is 146 Å². The average Bonchev–Trinajstić information content (AvgIpc) is 2.48. The van der Waals surface area contributed by atoms with Crippen LogP contribution in [-0.4, -0.2) is 14.6 Å². The van der Waals surface area contributed by atoms with Crippen LogP contribution in [0.3, 0.4) is 0 Å². The summed E-state index contributed by atoms with van der Waals surface area (Å²) in [6.07, 6.45) is 11.8. The van der Waals surface area contributed by atoms with Crippen molar-refractivity contribution >= 4 is 14.6 Å². The van der Waals surface area contributed by atoms with E-state index in [1.807, 2.05) is 6.26 Å². The van der Waals surface area contributed by atoms with Crippen LogP contribution in [-0.2, 0) is 9.22 Å². The summed E-state index contributed by atoms with van der Waals surface area (Å²) in [5, 5.41) is 0. The van der Waals surface area contributed by atoms with E-state index in [1.54, 1.807) is 0 Å². The molecule has 0 aromatic carbocycles. The molecule has 0 N–H and O–H groups in total. The first-order valence-electron chi connectivity index (χ1n) is 9.60. The Morgan fingerprint density at radius 1 is 0.913 bits per heavy atom. The lowest BCUT2D eigenvalue weighted by atomic mass is 9.99. The summed E-state index contributed by atoms with van der Waals surface area (Å²) in [4.78, 5) is 11.2. The monoisotopic (exact) mass is 340 g/mol. The molecule has 2 nitrogen and oxygen atoms in total. The first-order valence-corrected chi connectivity index (χ1v) is 11.7. The molecule has 136 valence electrons. The largest absolute Gasteiger partial charge is 0.548 e. The quantitative estimate of drug-likeness (QED) is 0.158. The van der Waals surface area contributed by atoms with Gasteiger partial charge in [-0.3, -0.25) is 0 Å². The highest BCUT2D eigenvalue weighted by Gasteiger charge is 2.46. The summed E-state index contributed by atoms with van der Waals surface area (Å²) in [7, 11) is -1.82. The second kappa shape index (κ2) is 11.9. The number of hydrogen-bond donors (Lipinski definition) is 0. The van der Waals surface area contributed by atoms with Gasteiger partial charge in [0, 0.05) is 5.92 Å². The number of hydrogen-bond acceptors (Lipinski definition) is 2. The maximum Gasteiger partial charge on any atom is 0.257 e. The van der Waals surface area contributed by atoms with E-state index in [4.69, 9.17) is 4.43 Å². The summed E-state index contributed by atoms with van der Waals surface area (Å²) < 4.78 is 6.39. The van der Waals surface area contributed by atoms with Gasteiger partial charge in [0.1, 0.15) is 6.29 Å². The van der Waals surface area contributed by atoms with Crippen LogP contribution in [0.1, 0.15) is 87.0 Å². The normalized spacial score (nSPS) is 14.2. The number of carbonyl (C=O) groups is 1. The maximum absolute atomic E-state index is 11.2. The van der Waals surface area contributed by atoms with Gasteiger partial charge in [0.05, 0.1) is 6.26 Å². The molecule has 23 heavy (non-hydrogen) atoms. The lowest BCUT2D eigenvalue weighted by Gasteiger charge is -2.41. The van der Waals surface area contributed by atoms with Crippen LogP contribution in [0, 0.1) is 5.92 Å². The number of allylic oxidation sites excluding steroid dienone is 1. The maximum atomic E-state index is 11.2. The molecule has 0 saturated heterocycles. The van der Waals surface area contributed by atoms with Crippen molar-refractivity contribution in [3.8, 4) is 0 Å². The third kappa shape index (κ3) is 7.24. The number of unbranched alkanes of at least 4 members (excludes halogenated alkanes) is 3. The van der Waals surface area contributed by atoms with Crippen LogP contribution in [0.15, 0.2) is 12.3 Å². The standard InChI is InChI=1S/C20H40O2Si/c1-8-9-10-11-13-20(16-21)14-12-15-22-23(17(2)3,18(4)5)19(6)7/h12,15-20H,8-11,13-14H2,1-7H3/b15-12+. The predicted molar refractivity (Wildman–Crippen MR) is 104 cm³/mol. The van der Waals surface area contributed by atoms with Crippen molar-refractivity contribution < 1.29 is 9.22 Å². The summed E-state index contributed by atoms with van der Waals surface area (Å²) in [5.74, 6) is 0.153. The van der Waals surface area contributed by atoms with E-state index < -0.39 is 8.32 Å². The first-order chi connectivity index (χ1) is 10.8. The highest BCUT2D eigenvalue weighted by atomic mass is 28.4. The zero-order chi connectivity index (χ0) is 17.9. The molecule has 0 aliphatic heterocycles. The van der Waals surface area contributed by atoms with Gasteiger partial charge in [-0.1, -0.05) is 80.2 Å². The van der Waals surface area contributed by atoms with Crippen LogP contribution < -0.4 is 0 Å². The van der Waals surface area contributed by atoms with Crippen LogP contribution in [0.25, 0.3) is 0 Å². The van der Waals surface area contributed by atoms with Crippen molar-refractivity contribution in [3.05, 3.63) is 12.3 Å². The molecule has 0 fully saturated rings. The summed E-state index contributed by atoms with van der Waals surface area (Å²) in [5.41, 5.74) is 1.76. The van der Waals surface area contributed by atoms with Gasteiger partial charge in [-0.05, 0) is 29.5 Å². The van der Waals surface area contributed by atoms with Gasteiger partial charge >= 0.3 is 0 Å². The predicted octanol–water partition coefficient (Wildman–Crippen LogP) is 6.87. The van der Waals surface area contributed by atoms with Crippen molar-refractivity contribution in [1.82, 2.24) is 0 Å². The second-order valence-corrected chi connectivity index (χ2v) is 13.2. The molecule has 0 bridgehead atoms. The fourth-order valence-corrected chi connectivity index (χ4v) is 9.03. The van der Waals surface area contributed by atoms with Crippen LogP contribution in [0.5, 0.6) is 0 Å². The molecule has 0 aliphatic rings. The van der Waals surface area contributed by atoms with Crippen molar-refractivity contribution in [2.45, 2.75) is 104 Å². The Morgan fingerprint density at radius 2 is 1.48 bits per heavy atom. The molecular weight excluding hydrogens is 300 g/mol. The molecule has 0 aliphatic carbocycles. The van der Waals surface area contributed by atoms with E-state index in [0.717, 1.165) is 25.5 Å². The minimum Gasteiger partial charge on any atom is -0.548 e. The Hall–Kier alpha value is -0.573. The van der Waals surface area contributed by atoms with E-state index in [0.29, 0.717) is 16.6 Å². The van der Waals surface area contributed by atoms with Gasteiger partial charge in [0.2, 0.25) is 0 Å². The second-order valence-electron chi connectivity index (χ2n) is 7.79. The lowest BCUT2D eigenvalue weighted by molar-refractivity contribution is -0.111. The van der Waals surface area contributed by atoms with E-state index in [2.05, 4.69) is 54.5 Å². The Morgan fingerprint density at radius 3 is 1.91 bits per heavy atom. The first kappa shape index (κ1) is 22.4. The zero-order valence-electron chi connectivity index (χ0n) is 16.6. The number of rotatable bonds is 13. The molecule has 1 atom stereocenters. The minimum atomic E-state index is -1.82. The van der Waals surface area contributed by atoms with E-state index in [-0.39, 0.29) is 5.92 Å². The molecule has 3 heteroatoms. The summed E-state index contributed by atoms with van der Waals surface area (Å²) in [6, 6.07) is 0. The van der Waals surface area contributed by atoms with Gasteiger partial charge in [0.25, 0.3) is 8.32 Å². The van der Waals surface area contributed by atoms with Crippen molar-refractivity contribution in [2.75, 3.05) is 0 Å². The summed E-state index contributed by atoms with van der Waals surface area (Å²) in [6.45, 7) is 16.0. The van der Waals surface area contributed by atoms with Crippen molar-refractivity contribution in [1.29, 1.82) is 0 Å². The van der Waals surface area contributed by atoms with Gasteiger partial charge in [-0.2, -0.15) is 0 Å². The third-order valence-corrected chi connectivity index (χ3v) is 11.1. The highest BCUT2D eigenvalue weighted by Crippen LogP contribution is 2.42. The third-order valence-electron chi connectivity index (χ3n) is 5.14. The molecular formula is C20H40O2Si. The van der Waals surface area contributed by atoms with Gasteiger partial charge < -0.3 is 9.22 Å².